The van der Waals surface area contributed by atoms with Crippen LogP contribution in [0.2, 0.25) is 5.15 Å². The first-order valence-corrected chi connectivity index (χ1v) is 4.96. The molecule has 3 rings (SSSR count). The van der Waals surface area contributed by atoms with Crippen LogP contribution in [0.5, 0.6) is 0 Å². The van der Waals surface area contributed by atoms with Gasteiger partial charge in [-0.05, 0) is 12.8 Å². The molecule has 2 heterocycles. The molecule has 2 aliphatic rings. The first-order chi connectivity index (χ1) is 7.18. The van der Waals surface area contributed by atoms with E-state index in [0.29, 0.717) is 0 Å². The monoisotopic (exact) mass is 223 g/mol. The second-order valence-corrected chi connectivity index (χ2v) is 3.99. The molecular formula is C9H6ClN3O2. The van der Waals surface area contributed by atoms with Gasteiger partial charge in [-0.15, -0.1) is 0 Å². The van der Waals surface area contributed by atoms with E-state index in [0.717, 1.165) is 12.8 Å². The fourth-order valence-electron chi connectivity index (χ4n) is 1.66. The van der Waals surface area contributed by atoms with Crippen LogP contribution in [0.4, 0.5) is 0 Å². The molecule has 15 heavy (non-hydrogen) atoms. The van der Waals surface area contributed by atoms with Crippen molar-refractivity contribution < 1.29 is 9.59 Å². The number of aromatic nitrogens is 2. The number of amides is 2. The first kappa shape index (κ1) is 8.79. The molecule has 0 saturated heterocycles. The summed E-state index contributed by atoms with van der Waals surface area (Å²) in [6, 6.07) is 0.0415. The molecule has 1 aliphatic carbocycles. The lowest BCUT2D eigenvalue weighted by atomic mass is 10.3. The minimum Gasteiger partial charge on any atom is -0.268 e. The van der Waals surface area contributed by atoms with Crippen molar-refractivity contribution in [1.82, 2.24) is 14.9 Å². The van der Waals surface area contributed by atoms with Gasteiger partial charge in [-0.25, -0.2) is 9.97 Å². The van der Waals surface area contributed by atoms with Crippen LogP contribution in [-0.2, 0) is 0 Å². The van der Waals surface area contributed by atoms with Gasteiger partial charge in [0.15, 0.2) is 11.4 Å². The van der Waals surface area contributed by atoms with Gasteiger partial charge in [-0.1, -0.05) is 11.6 Å². The third-order valence-corrected chi connectivity index (χ3v) is 2.68. The highest BCUT2D eigenvalue weighted by Crippen LogP contribution is 2.33. The summed E-state index contributed by atoms with van der Waals surface area (Å²) in [5, 5.41) is 0.132. The summed E-state index contributed by atoms with van der Waals surface area (Å²) in [5.74, 6) is -0.714. The van der Waals surface area contributed by atoms with E-state index in [9.17, 15) is 9.59 Å². The molecule has 0 N–H and O–H groups in total. The number of halogens is 1. The van der Waals surface area contributed by atoms with E-state index in [1.165, 1.54) is 11.1 Å². The van der Waals surface area contributed by atoms with Crippen LogP contribution in [0.25, 0.3) is 0 Å². The third-order valence-electron chi connectivity index (χ3n) is 2.50. The number of hydrogen-bond donors (Lipinski definition) is 0. The molecule has 0 bridgehead atoms. The number of rotatable bonds is 1. The van der Waals surface area contributed by atoms with E-state index in [1.807, 2.05) is 0 Å². The SMILES string of the molecule is O=C1c2ncc(Cl)nc2C(=O)N1C1CC1. The lowest BCUT2D eigenvalue weighted by Gasteiger charge is -2.10. The molecule has 76 valence electrons. The fourth-order valence-corrected chi connectivity index (χ4v) is 1.79. The molecule has 1 fully saturated rings. The average molecular weight is 224 g/mol. The molecule has 0 spiro atoms. The Hall–Kier alpha value is -1.49. The molecule has 0 radical (unpaired) electrons. The van der Waals surface area contributed by atoms with Crippen molar-refractivity contribution in [2.75, 3.05) is 0 Å². The average Bonchev–Trinajstić information content (AvgIpc) is 2.98. The van der Waals surface area contributed by atoms with Crippen LogP contribution < -0.4 is 0 Å². The Bertz CT molecular complexity index is 484. The number of imide groups is 1. The Balaban J connectivity index is 2.12. The highest BCUT2D eigenvalue weighted by Gasteiger charge is 2.46. The molecule has 1 aromatic rings. The Labute approximate surface area is 90.1 Å². The molecule has 6 heteroatoms. The lowest BCUT2D eigenvalue weighted by molar-refractivity contribution is 0.0639. The van der Waals surface area contributed by atoms with Crippen molar-refractivity contribution >= 4 is 23.4 Å². The topological polar surface area (TPSA) is 63.2 Å². The summed E-state index contributed by atoms with van der Waals surface area (Å²) in [5.41, 5.74) is 0.204. The Morgan fingerprint density at radius 1 is 1.27 bits per heavy atom. The van der Waals surface area contributed by atoms with Gasteiger partial charge >= 0.3 is 0 Å². The van der Waals surface area contributed by atoms with Gasteiger partial charge in [0.1, 0.15) is 5.15 Å². The van der Waals surface area contributed by atoms with E-state index in [2.05, 4.69) is 9.97 Å². The summed E-state index contributed by atoms with van der Waals surface area (Å²) in [6.07, 6.45) is 3.03. The van der Waals surface area contributed by atoms with Crippen LogP contribution in [0.15, 0.2) is 6.20 Å². The van der Waals surface area contributed by atoms with Crippen LogP contribution in [-0.4, -0.2) is 32.7 Å². The van der Waals surface area contributed by atoms with Gasteiger partial charge in [0.05, 0.1) is 6.20 Å². The van der Waals surface area contributed by atoms with Crippen molar-refractivity contribution in [3.8, 4) is 0 Å². The van der Waals surface area contributed by atoms with E-state index in [1.54, 1.807) is 0 Å². The number of hydrogen-bond acceptors (Lipinski definition) is 4. The lowest BCUT2D eigenvalue weighted by Crippen LogP contribution is -2.32. The number of nitrogens with zero attached hydrogens (tertiary/aromatic N) is 3. The molecule has 1 saturated carbocycles. The minimum absolute atomic E-state index is 0.0415. The molecule has 1 aliphatic heterocycles. The second-order valence-electron chi connectivity index (χ2n) is 3.60. The van der Waals surface area contributed by atoms with Gasteiger partial charge in [0, 0.05) is 6.04 Å². The standard InChI is InChI=1S/C9H6ClN3O2/c10-5-3-11-6-7(12-5)9(15)13(8(6)14)4-1-2-4/h3-4H,1-2H2. The molecule has 5 nitrogen and oxygen atoms in total. The quantitative estimate of drug-likeness (QED) is 0.664. The molecular weight excluding hydrogens is 218 g/mol. The van der Waals surface area contributed by atoms with Crippen molar-refractivity contribution in [1.29, 1.82) is 0 Å². The zero-order chi connectivity index (χ0) is 10.6. The maximum Gasteiger partial charge on any atom is 0.282 e. The highest BCUT2D eigenvalue weighted by molar-refractivity contribution is 6.30. The van der Waals surface area contributed by atoms with E-state index >= 15 is 0 Å². The number of carbonyl (C=O) groups excluding carboxylic acids is 2. The number of carbonyl (C=O) groups is 2. The van der Waals surface area contributed by atoms with Gasteiger partial charge in [-0.2, -0.15) is 0 Å². The summed E-state index contributed by atoms with van der Waals surface area (Å²) >= 11 is 5.62. The predicted molar refractivity (Wildman–Crippen MR) is 50.6 cm³/mol. The molecule has 2 amide bonds. The Kier molecular flexibility index (Phi) is 1.62. The maximum absolute atomic E-state index is 11.8. The highest BCUT2D eigenvalue weighted by atomic mass is 35.5. The third kappa shape index (κ3) is 1.16. The Morgan fingerprint density at radius 3 is 2.60 bits per heavy atom. The smallest absolute Gasteiger partial charge is 0.268 e. The molecule has 0 unspecified atom stereocenters. The summed E-state index contributed by atoms with van der Waals surface area (Å²) in [7, 11) is 0. The van der Waals surface area contributed by atoms with Crippen molar-refractivity contribution in [3.05, 3.63) is 22.7 Å². The molecule has 0 atom stereocenters. The Morgan fingerprint density at radius 2 is 1.93 bits per heavy atom. The van der Waals surface area contributed by atoms with Crippen molar-refractivity contribution in [3.63, 3.8) is 0 Å². The zero-order valence-corrected chi connectivity index (χ0v) is 8.36. The fraction of sp³-hybridized carbons (Fsp3) is 0.333. The van der Waals surface area contributed by atoms with E-state index in [4.69, 9.17) is 11.6 Å². The number of fused-ring (bicyclic) bond motifs is 1. The summed E-state index contributed by atoms with van der Waals surface area (Å²) in [6.45, 7) is 0. The van der Waals surface area contributed by atoms with Gasteiger partial charge in [0.2, 0.25) is 0 Å². The van der Waals surface area contributed by atoms with Crippen LogP contribution in [0.3, 0.4) is 0 Å². The van der Waals surface area contributed by atoms with Gasteiger partial charge in [-0.3, -0.25) is 14.5 Å². The molecule has 1 aromatic heterocycles. The van der Waals surface area contributed by atoms with E-state index in [-0.39, 0.29) is 34.4 Å². The summed E-state index contributed by atoms with van der Waals surface area (Å²) in [4.78, 5) is 32.5. The zero-order valence-electron chi connectivity index (χ0n) is 7.61. The first-order valence-electron chi connectivity index (χ1n) is 4.59. The van der Waals surface area contributed by atoms with E-state index < -0.39 is 0 Å². The molecule has 0 aromatic carbocycles. The van der Waals surface area contributed by atoms with Crippen molar-refractivity contribution in [2.24, 2.45) is 0 Å². The maximum atomic E-state index is 11.8. The van der Waals surface area contributed by atoms with Crippen LogP contribution in [0.1, 0.15) is 33.8 Å². The van der Waals surface area contributed by atoms with Crippen molar-refractivity contribution in [2.45, 2.75) is 18.9 Å². The van der Waals surface area contributed by atoms with Gasteiger partial charge < -0.3 is 0 Å². The largest absolute Gasteiger partial charge is 0.282 e. The van der Waals surface area contributed by atoms with Crippen LogP contribution >= 0.6 is 11.6 Å². The second kappa shape index (κ2) is 2.76. The normalized spacial score (nSPS) is 19.7. The van der Waals surface area contributed by atoms with Crippen LogP contribution in [0, 0.1) is 0 Å². The minimum atomic E-state index is -0.368. The van der Waals surface area contributed by atoms with Gasteiger partial charge in [0.25, 0.3) is 11.8 Å². The summed E-state index contributed by atoms with van der Waals surface area (Å²) < 4.78 is 0. The predicted octanol–water partition coefficient (Wildman–Crippen LogP) is 0.888.